The molecule has 8 aromatic carbocycles. The van der Waals surface area contributed by atoms with Crippen LogP contribution in [0, 0.1) is 0 Å². The standard InChI is InChI=1S/C79H92N8O6/c1-2-3-46-70(88)55-86(57-73(66-38-20-8-21-39-66)67-40-22-9-23-41-67)75(89)47-52-85(56-72(64-34-16-6-17-35-64)65-36-18-7-19-37-65)77(91)59-84(51-29-49-81)78(92)61-87(58-74(68-42-24-10-25-43-68)69-44-26-11-27-45-69)79(93)60-83(50-28-48-80)76(90)54-82-53-71(62-30-12-4-13-31-62)63-32-14-5-15-33-63/h4-27,30-45,71-74,82H,2-3,28-29,46-61,80-81H2,1H3. The van der Waals surface area contributed by atoms with E-state index in [0.29, 0.717) is 32.2 Å². The van der Waals surface area contributed by atoms with E-state index >= 15 is 19.2 Å². The SMILES string of the molecule is CCCCC(=O)CN(CC(c1ccccc1)c1ccccc1)C(=O)CCN(CC(c1ccccc1)c1ccccc1)C(=O)CN(CCCN)C(=O)CN(CC(c1ccccc1)c1ccccc1)C(=O)CN(CCCN)C(=O)CNCC(c1ccccc1)c1ccccc1. The Morgan fingerprint density at radius 2 is 0.613 bits per heavy atom. The maximum Gasteiger partial charge on any atom is 0.242 e. The van der Waals surface area contributed by atoms with Gasteiger partial charge in [0.25, 0.3) is 0 Å². The van der Waals surface area contributed by atoms with E-state index < -0.39 is 24.3 Å². The molecule has 14 heteroatoms. The van der Waals surface area contributed by atoms with E-state index in [1.165, 1.54) is 14.7 Å². The van der Waals surface area contributed by atoms with Gasteiger partial charge in [0.2, 0.25) is 29.5 Å². The van der Waals surface area contributed by atoms with Crippen molar-refractivity contribution in [2.75, 3.05) is 91.6 Å². The van der Waals surface area contributed by atoms with Gasteiger partial charge in [-0.2, -0.15) is 0 Å². The van der Waals surface area contributed by atoms with Gasteiger partial charge in [0.1, 0.15) is 0 Å². The van der Waals surface area contributed by atoms with Crippen LogP contribution in [-0.4, -0.2) is 151 Å². The number of amides is 5. The first kappa shape index (κ1) is 69.5. The zero-order chi connectivity index (χ0) is 65.4. The average Bonchev–Trinajstić information content (AvgIpc) is 1.67. The lowest BCUT2D eigenvalue weighted by Crippen LogP contribution is -2.52. The summed E-state index contributed by atoms with van der Waals surface area (Å²) in [6.07, 6.45) is 2.56. The summed E-state index contributed by atoms with van der Waals surface area (Å²) >= 11 is 0. The largest absolute Gasteiger partial charge is 0.340 e. The van der Waals surface area contributed by atoms with Gasteiger partial charge in [-0.15, -0.1) is 0 Å². The minimum atomic E-state index is -0.484. The minimum Gasteiger partial charge on any atom is -0.340 e. The molecule has 0 radical (unpaired) electrons. The number of carbonyl (C=O) groups is 6. The fourth-order valence-electron chi connectivity index (χ4n) is 12.0. The number of unbranched alkanes of at least 4 members (excludes halogenated alkanes) is 1. The van der Waals surface area contributed by atoms with Gasteiger partial charge in [0, 0.05) is 82.3 Å². The summed E-state index contributed by atoms with van der Waals surface area (Å²) < 4.78 is 0. The van der Waals surface area contributed by atoms with Crippen LogP contribution in [-0.2, 0) is 28.8 Å². The molecular formula is C79H92N8O6. The number of benzene rings is 8. The van der Waals surface area contributed by atoms with E-state index in [9.17, 15) is 9.59 Å². The number of nitrogens with one attached hydrogen (secondary N) is 1. The molecular weight excluding hydrogens is 1160 g/mol. The molecule has 0 bridgehead atoms. The van der Waals surface area contributed by atoms with Crippen LogP contribution in [0.15, 0.2) is 243 Å². The summed E-state index contributed by atoms with van der Waals surface area (Å²) in [6.45, 7) is 2.51. The van der Waals surface area contributed by atoms with Crippen LogP contribution in [0.3, 0.4) is 0 Å². The van der Waals surface area contributed by atoms with Crippen molar-refractivity contribution in [2.24, 2.45) is 11.5 Å². The second-order valence-corrected chi connectivity index (χ2v) is 23.8. The van der Waals surface area contributed by atoms with Gasteiger partial charge in [0.15, 0.2) is 5.78 Å². The van der Waals surface area contributed by atoms with Gasteiger partial charge < -0.3 is 41.3 Å². The summed E-state index contributed by atoms with van der Waals surface area (Å²) in [7, 11) is 0. The van der Waals surface area contributed by atoms with E-state index in [0.717, 1.165) is 50.9 Å². The molecule has 0 saturated heterocycles. The molecule has 5 amide bonds. The molecule has 0 aliphatic carbocycles. The van der Waals surface area contributed by atoms with Crippen LogP contribution in [0.4, 0.5) is 0 Å². The highest BCUT2D eigenvalue weighted by Crippen LogP contribution is 2.30. The molecule has 0 unspecified atom stereocenters. The molecule has 0 aliphatic rings. The minimum absolute atomic E-state index is 0.0190. The molecule has 0 aliphatic heterocycles. The highest BCUT2D eigenvalue weighted by atomic mass is 16.2. The third kappa shape index (κ3) is 21.6. The monoisotopic (exact) mass is 1250 g/mol. The van der Waals surface area contributed by atoms with Crippen molar-refractivity contribution in [3.8, 4) is 0 Å². The Balaban J connectivity index is 1.09. The number of hydrogen-bond acceptors (Lipinski definition) is 9. The number of ketones is 1. The quantitative estimate of drug-likeness (QED) is 0.0339. The number of carbonyl (C=O) groups excluding carboxylic acids is 6. The molecule has 93 heavy (non-hydrogen) atoms. The van der Waals surface area contributed by atoms with Crippen LogP contribution in [0.5, 0.6) is 0 Å². The Hall–Kier alpha value is -9.34. The van der Waals surface area contributed by atoms with E-state index in [4.69, 9.17) is 11.5 Å². The highest BCUT2D eigenvalue weighted by Gasteiger charge is 2.32. The molecule has 8 aromatic rings. The zero-order valence-electron chi connectivity index (χ0n) is 53.9. The zero-order valence-corrected chi connectivity index (χ0v) is 53.9. The molecule has 5 N–H and O–H groups in total. The van der Waals surface area contributed by atoms with Gasteiger partial charge in [-0.3, -0.25) is 28.8 Å². The number of hydrogen-bond donors (Lipinski definition) is 3. The summed E-state index contributed by atoms with van der Waals surface area (Å²) in [5.41, 5.74) is 20.2. The van der Waals surface area contributed by atoms with Crippen molar-refractivity contribution in [1.82, 2.24) is 29.8 Å². The molecule has 484 valence electrons. The lowest BCUT2D eigenvalue weighted by atomic mass is 9.90. The van der Waals surface area contributed by atoms with Gasteiger partial charge in [-0.05, 0) is 76.9 Å². The lowest BCUT2D eigenvalue weighted by Gasteiger charge is -2.34. The molecule has 0 spiro atoms. The third-order valence-corrected chi connectivity index (χ3v) is 17.2. The van der Waals surface area contributed by atoms with Crippen molar-refractivity contribution < 1.29 is 28.8 Å². The van der Waals surface area contributed by atoms with Gasteiger partial charge in [-0.25, -0.2) is 0 Å². The van der Waals surface area contributed by atoms with E-state index in [-0.39, 0.29) is 126 Å². The van der Waals surface area contributed by atoms with Crippen molar-refractivity contribution in [2.45, 2.75) is 69.1 Å². The molecule has 8 rings (SSSR count). The molecule has 0 saturated carbocycles. The van der Waals surface area contributed by atoms with Gasteiger partial charge in [-0.1, -0.05) is 256 Å². The number of rotatable bonds is 38. The maximum absolute atomic E-state index is 15.6. The van der Waals surface area contributed by atoms with Crippen LogP contribution in [0.25, 0.3) is 0 Å². The Bertz CT molecular complexity index is 3340. The predicted octanol–water partition coefficient (Wildman–Crippen LogP) is 10.9. The lowest BCUT2D eigenvalue weighted by molar-refractivity contribution is -0.146. The van der Waals surface area contributed by atoms with Crippen molar-refractivity contribution in [3.05, 3.63) is 287 Å². The number of nitrogens with zero attached hydrogens (tertiary/aromatic N) is 5. The van der Waals surface area contributed by atoms with E-state index in [1.54, 1.807) is 9.80 Å². The smallest absolute Gasteiger partial charge is 0.242 e. The second kappa shape index (κ2) is 37.9. The first-order chi connectivity index (χ1) is 45.5. The summed E-state index contributed by atoms with van der Waals surface area (Å²) in [5.74, 6) is -2.94. The molecule has 0 fully saturated rings. The maximum atomic E-state index is 15.6. The predicted molar refractivity (Wildman–Crippen MR) is 371 cm³/mol. The van der Waals surface area contributed by atoms with Crippen LogP contribution < -0.4 is 16.8 Å². The first-order valence-corrected chi connectivity index (χ1v) is 32.9. The topological polar surface area (TPSA) is 183 Å². The average molecular weight is 1250 g/mol. The van der Waals surface area contributed by atoms with Gasteiger partial charge >= 0.3 is 0 Å². The molecule has 0 heterocycles. The Kier molecular flexibility index (Phi) is 28.3. The van der Waals surface area contributed by atoms with Crippen LogP contribution >= 0.6 is 0 Å². The second-order valence-electron chi connectivity index (χ2n) is 23.8. The Labute approximate surface area is 550 Å². The van der Waals surface area contributed by atoms with E-state index in [1.807, 2.05) is 225 Å². The summed E-state index contributed by atoms with van der Waals surface area (Å²) in [6, 6.07) is 79.7. The van der Waals surface area contributed by atoms with Crippen molar-refractivity contribution >= 4 is 35.3 Å². The highest BCUT2D eigenvalue weighted by molar-refractivity contribution is 5.91. The van der Waals surface area contributed by atoms with Gasteiger partial charge in [0.05, 0.1) is 32.7 Å². The number of nitrogens with two attached hydrogens (primary N) is 2. The third-order valence-electron chi connectivity index (χ3n) is 17.2. The molecule has 0 aromatic heterocycles. The van der Waals surface area contributed by atoms with E-state index in [2.05, 4.69) is 29.6 Å². The molecule has 14 nitrogen and oxygen atoms in total. The summed E-state index contributed by atoms with van der Waals surface area (Å²) in [4.78, 5) is 97.7. The Morgan fingerprint density at radius 1 is 0.323 bits per heavy atom. The van der Waals surface area contributed by atoms with Crippen molar-refractivity contribution in [1.29, 1.82) is 0 Å². The normalized spacial score (nSPS) is 11.2. The van der Waals surface area contributed by atoms with Crippen LogP contribution in [0.2, 0.25) is 0 Å². The van der Waals surface area contributed by atoms with Crippen molar-refractivity contribution in [3.63, 3.8) is 0 Å². The van der Waals surface area contributed by atoms with Crippen LogP contribution in [0.1, 0.15) is 114 Å². The fraction of sp³-hybridized carbons (Fsp3) is 0.316. The molecule has 0 atom stereocenters. The summed E-state index contributed by atoms with van der Waals surface area (Å²) in [5, 5.41) is 3.41. The fourth-order valence-corrected chi connectivity index (χ4v) is 12.0. The first-order valence-electron chi connectivity index (χ1n) is 32.9. The number of Topliss-reactive ketones (excluding diaryl/α,β-unsaturated/α-hetero) is 1. The Morgan fingerprint density at radius 3 is 0.957 bits per heavy atom.